The Labute approximate surface area is 107 Å². The Balaban J connectivity index is 1.85. The first-order valence-electron chi connectivity index (χ1n) is 6.62. The first-order valence-corrected chi connectivity index (χ1v) is 6.62. The number of aliphatic hydroxyl groups excluding tert-OH is 1. The second-order valence-electron chi connectivity index (χ2n) is 4.90. The van der Waals surface area contributed by atoms with Gasteiger partial charge in [0.1, 0.15) is 6.04 Å². The standard InChI is InChI=1S/C12H21N3O3/c16-9-8-14-4-1-5-15(7-6-14)12(18)10-2-3-11(17)13-10/h10,16H,1-9H2,(H,13,17)/t10-/m0/s1. The lowest BCUT2D eigenvalue weighted by molar-refractivity contribution is -0.134. The zero-order chi connectivity index (χ0) is 13.0. The molecule has 2 heterocycles. The molecule has 0 aromatic rings. The minimum atomic E-state index is -0.318. The smallest absolute Gasteiger partial charge is 0.245 e. The minimum absolute atomic E-state index is 0.0231. The molecule has 0 spiro atoms. The third kappa shape index (κ3) is 3.20. The summed E-state index contributed by atoms with van der Waals surface area (Å²) in [5, 5.41) is 11.6. The zero-order valence-corrected chi connectivity index (χ0v) is 10.6. The van der Waals surface area contributed by atoms with Crippen LogP contribution in [0.3, 0.4) is 0 Å². The van der Waals surface area contributed by atoms with Crippen molar-refractivity contribution in [3.05, 3.63) is 0 Å². The fraction of sp³-hybridized carbons (Fsp3) is 0.833. The summed E-state index contributed by atoms with van der Waals surface area (Å²) < 4.78 is 0. The molecule has 2 aliphatic heterocycles. The molecule has 102 valence electrons. The molecule has 0 unspecified atom stereocenters. The van der Waals surface area contributed by atoms with Crippen LogP contribution >= 0.6 is 0 Å². The van der Waals surface area contributed by atoms with Crippen molar-refractivity contribution in [3.8, 4) is 0 Å². The van der Waals surface area contributed by atoms with Crippen molar-refractivity contribution < 1.29 is 14.7 Å². The third-order valence-corrected chi connectivity index (χ3v) is 3.61. The molecule has 0 bridgehead atoms. The molecule has 2 rings (SSSR count). The summed E-state index contributed by atoms with van der Waals surface area (Å²) in [6, 6.07) is -0.318. The maximum Gasteiger partial charge on any atom is 0.245 e. The topological polar surface area (TPSA) is 72.9 Å². The Morgan fingerprint density at radius 1 is 1.33 bits per heavy atom. The molecular weight excluding hydrogens is 234 g/mol. The van der Waals surface area contributed by atoms with E-state index in [1.54, 1.807) is 0 Å². The van der Waals surface area contributed by atoms with Gasteiger partial charge in [-0.2, -0.15) is 0 Å². The number of amides is 2. The molecule has 0 aromatic carbocycles. The Kier molecular flexibility index (Phi) is 4.54. The molecule has 0 aromatic heterocycles. The van der Waals surface area contributed by atoms with Gasteiger partial charge in [0.15, 0.2) is 0 Å². The van der Waals surface area contributed by atoms with Crippen LogP contribution in [0.5, 0.6) is 0 Å². The second kappa shape index (κ2) is 6.15. The highest BCUT2D eigenvalue weighted by Gasteiger charge is 2.31. The van der Waals surface area contributed by atoms with Gasteiger partial charge in [0.05, 0.1) is 6.61 Å². The third-order valence-electron chi connectivity index (χ3n) is 3.61. The van der Waals surface area contributed by atoms with Gasteiger partial charge in [-0.15, -0.1) is 0 Å². The Hall–Kier alpha value is -1.14. The van der Waals surface area contributed by atoms with Gasteiger partial charge in [0.2, 0.25) is 11.8 Å². The summed E-state index contributed by atoms with van der Waals surface area (Å²) in [5.41, 5.74) is 0. The molecule has 1 atom stereocenters. The van der Waals surface area contributed by atoms with E-state index in [9.17, 15) is 9.59 Å². The Bertz CT molecular complexity index is 322. The highest BCUT2D eigenvalue weighted by Crippen LogP contribution is 2.12. The van der Waals surface area contributed by atoms with Crippen LogP contribution < -0.4 is 5.32 Å². The van der Waals surface area contributed by atoms with E-state index in [4.69, 9.17) is 5.11 Å². The first-order chi connectivity index (χ1) is 8.70. The van der Waals surface area contributed by atoms with Crippen LogP contribution in [-0.4, -0.2) is 72.1 Å². The molecule has 2 aliphatic rings. The molecule has 2 fully saturated rings. The minimum Gasteiger partial charge on any atom is -0.395 e. The average molecular weight is 255 g/mol. The summed E-state index contributed by atoms with van der Waals surface area (Å²) >= 11 is 0. The van der Waals surface area contributed by atoms with E-state index >= 15 is 0 Å². The van der Waals surface area contributed by atoms with Crippen molar-refractivity contribution in [1.82, 2.24) is 15.1 Å². The normalized spacial score (nSPS) is 25.9. The lowest BCUT2D eigenvalue weighted by Gasteiger charge is -2.24. The van der Waals surface area contributed by atoms with Crippen molar-refractivity contribution >= 4 is 11.8 Å². The van der Waals surface area contributed by atoms with Gasteiger partial charge in [0.25, 0.3) is 0 Å². The van der Waals surface area contributed by atoms with E-state index in [0.29, 0.717) is 25.9 Å². The maximum absolute atomic E-state index is 12.2. The predicted octanol–water partition coefficient (Wildman–Crippen LogP) is -1.21. The summed E-state index contributed by atoms with van der Waals surface area (Å²) in [5.74, 6) is 0.0248. The van der Waals surface area contributed by atoms with Gasteiger partial charge in [0, 0.05) is 32.6 Å². The number of carbonyl (C=O) groups excluding carboxylic acids is 2. The van der Waals surface area contributed by atoms with Gasteiger partial charge >= 0.3 is 0 Å². The lowest BCUT2D eigenvalue weighted by Crippen LogP contribution is -2.45. The quantitative estimate of drug-likeness (QED) is 0.664. The molecule has 0 aliphatic carbocycles. The molecule has 2 N–H and O–H groups in total. The molecule has 2 amide bonds. The van der Waals surface area contributed by atoms with Crippen molar-refractivity contribution in [2.24, 2.45) is 0 Å². The molecule has 0 radical (unpaired) electrons. The number of β-amino-alcohol motifs (C(OH)–C–C–N with tert-alkyl or cyclic N) is 1. The number of aliphatic hydroxyl groups is 1. The highest BCUT2D eigenvalue weighted by molar-refractivity contribution is 5.90. The maximum atomic E-state index is 12.2. The fourth-order valence-electron chi connectivity index (χ4n) is 2.58. The van der Waals surface area contributed by atoms with Gasteiger partial charge < -0.3 is 15.3 Å². The van der Waals surface area contributed by atoms with Gasteiger partial charge in [-0.05, 0) is 19.4 Å². The van der Waals surface area contributed by atoms with Crippen molar-refractivity contribution in [2.45, 2.75) is 25.3 Å². The largest absolute Gasteiger partial charge is 0.395 e. The predicted molar refractivity (Wildman–Crippen MR) is 65.9 cm³/mol. The van der Waals surface area contributed by atoms with E-state index in [1.165, 1.54) is 0 Å². The van der Waals surface area contributed by atoms with Crippen LogP contribution in [0.1, 0.15) is 19.3 Å². The van der Waals surface area contributed by atoms with Crippen LogP contribution in [0.2, 0.25) is 0 Å². The molecule has 18 heavy (non-hydrogen) atoms. The number of nitrogens with one attached hydrogen (secondary N) is 1. The summed E-state index contributed by atoms with van der Waals surface area (Å²) in [7, 11) is 0. The fourth-order valence-corrected chi connectivity index (χ4v) is 2.58. The zero-order valence-electron chi connectivity index (χ0n) is 10.6. The van der Waals surface area contributed by atoms with E-state index in [-0.39, 0.29) is 24.5 Å². The number of rotatable bonds is 3. The van der Waals surface area contributed by atoms with Gasteiger partial charge in [-0.3, -0.25) is 14.5 Å². The second-order valence-corrected chi connectivity index (χ2v) is 4.90. The SMILES string of the molecule is O=C1CC[C@@H](C(=O)N2CCCN(CCO)CC2)N1. The van der Waals surface area contributed by atoms with Gasteiger partial charge in [-0.1, -0.05) is 0 Å². The van der Waals surface area contributed by atoms with Crippen LogP contribution in [0.25, 0.3) is 0 Å². The van der Waals surface area contributed by atoms with Crippen LogP contribution in [-0.2, 0) is 9.59 Å². The molecular formula is C12H21N3O3. The number of hydrogen-bond donors (Lipinski definition) is 2. The molecule has 0 saturated carbocycles. The number of nitrogens with zero attached hydrogens (tertiary/aromatic N) is 2. The van der Waals surface area contributed by atoms with Gasteiger partial charge in [-0.25, -0.2) is 0 Å². The number of hydrogen-bond acceptors (Lipinski definition) is 4. The van der Waals surface area contributed by atoms with E-state index in [1.807, 2.05) is 4.90 Å². The Morgan fingerprint density at radius 3 is 2.83 bits per heavy atom. The van der Waals surface area contributed by atoms with Crippen molar-refractivity contribution in [2.75, 3.05) is 39.3 Å². The molecule has 6 nitrogen and oxygen atoms in total. The van der Waals surface area contributed by atoms with E-state index < -0.39 is 0 Å². The average Bonchev–Trinajstić information content (AvgIpc) is 2.65. The van der Waals surface area contributed by atoms with Crippen LogP contribution in [0.15, 0.2) is 0 Å². The van der Waals surface area contributed by atoms with Crippen LogP contribution in [0, 0.1) is 0 Å². The van der Waals surface area contributed by atoms with Crippen molar-refractivity contribution in [1.29, 1.82) is 0 Å². The lowest BCUT2D eigenvalue weighted by atomic mass is 10.2. The summed E-state index contributed by atoms with van der Waals surface area (Å²) in [6.45, 7) is 3.97. The molecule has 2 saturated heterocycles. The highest BCUT2D eigenvalue weighted by atomic mass is 16.3. The monoisotopic (exact) mass is 255 g/mol. The first kappa shape index (κ1) is 13.3. The van der Waals surface area contributed by atoms with E-state index in [0.717, 1.165) is 26.1 Å². The van der Waals surface area contributed by atoms with E-state index in [2.05, 4.69) is 10.2 Å². The Morgan fingerprint density at radius 2 is 2.17 bits per heavy atom. The van der Waals surface area contributed by atoms with Crippen molar-refractivity contribution in [3.63, 3.8) is 0 Å². The molecule has 6 heteroatoms. The van der Waals surface area contributed by atoms with Crippen LogP contribution in [0.4, 0.5) is 0 Å². The summed E-state index contributed by atoms with van der Waals surface area (Å²) in [4.78, 5) is 27.3. The summed E-state index contributed by atoms with van der Waals surface area (Å²) in [6.07, 6.45) is 2.00. The number of carbonyl (C=O) groups is 2.